The molecule has 0 spiro atoms. The van der Waals surface area contributed by atoms with Crippen LogP contribution in [0.25, 0.3) is 0 Å². The zero-order valence-corrected chi connectivity index (χ0v) is 15.5. The number of carbonyl (C=O) groups excluding carboxylic acids is 1. The highest BCUT2D eigenvalue weighted by atomic mass is 79.9. The summed E-state index contributed by atoms with van der Waals surface area (Å²) < 4.78 is 6.40. The van der Waals surface area contributed by atoms with E-state index in [4.69, 9.17) is 4.74 Å². The number of nitrogens with zero attached hydrogens (tertiary/aromatic N) is 1. The molecule has 0 aliphatic carbocycles. The summed E-state index contributed by atoms with van der Waals surface area (Å²) in [6.45, 7) is 6.47. The predicted molar refractivity (Wildman–Crippen MR) is 92.2 cm³/mol. The van der Waals surface area contributed by atoms with Crippen LogP contribution in [0, 0.1) is 0 Å². The van der Waals surface area contributed by atoms with Crippen molar-refractivity contribution >= 4 is 33.8 Å². The molecule has 0 radical (unpaired) electrons. The maximum absolute atomic E-state index is 12.0. The number of benzene rings is 1. The van der Waals surface area contributed by atoms with Gasteiger partial charge in [0.15, 0.2) is 0 Å². The van der Waals surface area contributed by atoms with Crippen molar-refractivity contribution in [3.8, 4) is 0 Å². The fourth-order valence-corrected chi connectivity index (χ4v) is 3.60. The lowest BCUT2D eigenvalue weighted by atomic mass is 10.1. The Labute approximate surface area is 144 Å². The second-order valence-electron chi connectivity index (χ2n) is 6.39. The molecule has 22 heavy (non-hydrogen) atoms. The topological polar surface area (TPSA) is 49.8 Å². The third-order valence-corrected chi connectivity index (χ3v) is 5.20. The van der Waals surface area contributed by atoms with Crippen molar-refractivity contribution < 1.29 is 14.6 Å². The summed E-state index contributed by atoms with van der Waals surface area (Å²) in [5.74, 6) is 0. The van der Waals surface area contributed by atoms with E-state index < -0.39 is 11.7 Å². The minimum Gasteiger partial charge on any atom is -0.444 e. The van der Waals surface area contributed by atoms with Gasteiger partial charge in [0, 0.05) is 21.2 Å². The van der Waals surface area contributed by atoms with E-state index in [2.05, 4.69) is 15.9 Å². The molecule has 1 fully saturated rings. The van der Waals surface area contributed by atoms with E-state index in [0.717, 1.165) is 15.8 Å². The number of ether oxygens (including phenoxy) is 1. The van der Waals surface area contributed by atoms with Gasteiger partial charge in [-0.2, -0.15) is 0 Å². The van der Waals surface area contributed by atoms with Crippen LogP contribution in [-0.2, 0) is 4.74 Å². The molecular formula is C16H22BrNO3S. The Morgan fingerprint density at radius 1 is 1.36 bits per heavy atom. The molecule has 1 aromatic carbocycles. The first kappa shape index (κ1) is 17.6. The van der Waals surface area contributed by atoms with Crippen LogP contribution in [0.4, 0.5) is 4.79 Å². The normalized spacial score (nSPS) is 22.5. The molecule has 1 aliphatic rings. The fourth-order valence-electron chi connectivity index (χ4n) is 2.23. The summed E-state index contributed by atoms with van der Waals surface area (Å²) in [6.07, 6.45) is -0.144. The van der Waals surface area contributed by atoms with E-state index in [1.807, 2.05) is 45.0 Å². The number of amides is 1. The van der Waals surface area contributed by atoms with Crippen molar-refractivity contribution in [1.29, 1.82) is 0 Å². The smallest absolute Gasteiger partial charge is 0.410 e. The van der Waals surface area contributed by atoms with Crippen LogP contribution in [0.15, 0.2) is 33.6 Å². The number of β-amino-alcohol motifs (C(OH)–C–C–N with tert-alkyl or cyclic N) is 1. The molecule has 1 aliphatic heterocycles. The zero-order valence-electron chi connectivity index (χ0n) is 13.1. The molecule has 1 heterocycles. The molecule has 1 N–H and O–H groups in total. The molecule has 122 valence electrons. The number of carbonyl (C=O) groups is 1. The number of hydrogen-bond donors (Lipinski definition) is 1. The summed E-state index contributed by atoms with van der Waals surface area (Å²) >= 11 is 5.07. The van der Waals surface area contributed by atoms with Gasteiger partial charge in [0.1, 0.15) is 5.60 Å². The van der Waals surface area contributed by atoms with E-state index in [0.29, 0.717) is 13.1 Å². The molecule has 1 amide bonds. The van der Waals surface area contributed by atoms with Crippen LogP contribution in [0.1, 0.15) is 27.2 Å². The Morgan fingerprint density at radius 2 is 2.00 bits per heavy atom. The molecule has 0 bridgehead atoms. The summed E-state index contributed by atoms with van der Waals surface area (Å²) in [6, 6.07) is 8.04. The quantitative estimate of drug-likeness (QED) is 0.835. The van der Waals surface area contributed by atoms with Crippen LogP contribution < -0.4 is 0 Å². The van der Waals surface area contributed by atoms with Gasteiger partial charge in [0.25, 0.3) is 0 Å². The number of halogens is 1. The van der Waals surface area contributed by atoms with Crippen molar-refractivity contribution in [2.45, 2.75) is 49.0 Å². The van der Waals surface area contributed by atoms with Crippen LogP contribution >= 0.6 is 27.7 Å². The number of hydrogen-bond acceptors (Lipinski definition) is 4. The van der Waals surface area contributed by atoms with Gasteiger partial charge in [0.05, 0.1) is 12.6 Å². The van der Waals surface area contributed by atoms with Crippen molar-refractivity contribution in [3.63, 3.8) is 0 Å². The number of aliphatic hydroxyl groups is 1. The van der Waals surface area contributed by atoms with Gasteiger partial charge in [-0.3, -0.25) is 0 Å². The molecule has 2 atom stereocenters. The lowest BCUT2D eigenvalue weighted by Gasteiger charge is -2.36. The average molecular weight is 388 g/mol. The molecule has 6 heteroatoms. The third kappa shape index (κ3) is 5.18. The van der Waals surface area contributed by atoms with Gasteiger partial charge in [0.2, 0.25) is 0 Å². The lowest BCUT2D eigenvalue weighted by molar-refractivity contribution is 0.00538. The van der Waals surface area contributed by atoms with Crippen LogP contribution in [0.2, 0.25) is 0 Å². The van der Waals surface area contributed by atoms with Gasteiger partial charge in [-0.1, -0.05) is 15.9 Å². The number of piperidine rings is 1. The highest BCUT2D eigenvalue weighted by Crippen LogP contribution is 2.31. The number of likely N-dealkylation sites (tertiary alicyclic amines) is 1. The minimum absolute atomic E-state index is 0.0971. The molecule has 4 nitrogen and oxygen atoms in total. The second kappa shape index (κ2) is 7.23. The monoisotopic (exact) mass is 387 g/mol. The largest absolute Gasteiger partial charge is 0.444 e. The first-order valence-electron chi connectivity index (χ1n) is 7.33. The second-order valence-corrected chi connectivity index (χ2v) is 8.62. The number of aliphatic hydroxyl groups excluding tert-OH is 1. The maximum Gasteiger partial charge on any atom is 0.410 e. The van der Waals surface area contributed by atoms with Crippen molar-refractivity contribution in [2.75, 3.05) is 13.1 Å². The highest BCUT2D eigenvalue weighted by Gasteiger charge is 2.32. The number of thioether (sulfide) groups is 1. The molecule has 1 aromatic rings. The van der Waals surface area contributed by atoms with Crippen LogP contribution in [0.5, 0.6) is 0 Å². The molecule has 2 unspecified atom stereocenters. The molecule has 0 saturated carbocycles. The van der Waals surface area contributed by atoms with Gasteiger partial charge >= 0.3 is 6.09 Å². The van der Waals surface area contributed by atoms with E-state index >= 15 is 0 Å². The maximum atomic E-state index is 12.0. The Hall–Kier alpha value is -0.720. The summed E-state index contributed by atoms with van der Waals surface area (Å²) in [5, 5.41) is 10.4. The first-order valence-corrected chi connectivity index (χ1v) is 9.00. The minimum atomic E-state index is -0.546. The summed E-state index contributed by atoms with van der Waals surface area (Å²) in [5.41, 5.74) is -0.509. The van der Waals surface area contributed by atoms with Crippen molar-refractivity contribution in [3.05, 3.63) is 28.7 Å². The zero-order chi connectivity index (χ0) is 16.3. The number of rotatable bonds is 2. The molecular weight excluding hydrogens is 366 g/mol. The Bertz CT molecular complexity index is 515. The van der Waals surface area contributed by atoms with E-state index in [1.165, 1.54) is 0 Å². The highest BCUT2D eigenvalue weighted by molar-refractivity contribution is 9.10. The van der Waals surface area contributed by atoms with Crippen LogP contribution in [0.3, 0.4) is 0 Å². The first-order chi connectivity index (χ1) is 10.2. The van der Waals surface area contributed by atoms with Gasteiger partial charge in [-0.25, -0.2) is 4.79 Å². The SMILES string of the molecule is CC(C)(C)OC(=O)N1CCC(Sc2ccc(Br)cc2)C(O)C1. The third-order valence-electron chi connectivity index (χ3n) is 3.27. The molecule has 2 rings (SSSR count). The summed E-state index contributed by atoms with van der Waals surface area (Å²) in [7, 11) is 0. The van der Waals surface area contributed by atoms with Crippen molar-refractivity contribution in [2.24, 2.45) is 0 Å². The van der Waals surface area contributed by atoms with Gasteiger partial charge in [-0.05, 0) is 51.5 Å². The van der Waals surface area contributed by atoms with Gasteiger partial charge in [-0.15, -0.1) is 11.8 Å². The van der Waals surface area contributed by atoms with E-state index in [1.54, 1.807) is 16.7 Å². The fraction of sp³-hybridized carbons (Fsp3) is 0.562. The summed E-state index contributed by atoms with van der Waals surface area (Å²) in [4.78, 5) is 14.8. The molecule has 1 saturated heterocycles. The van der Waals surface area contributed by atoms with E-state index in [9.17, 15) is 9.90 Å². The Morgan fingerprint density at radius 3 is 2.55 bits per heavy atom. The molecule has 0 aromatic heterocycles. The Balaban J connectivity index is 1.90. The van der Waals surface area contributed by atoms with Crippen LogP contribution in [-0.4, -0.2) is 46.1 Å². The van der Waals surface area contributed by atoms with Gasteiger partial charge < -0.3 is 14.7 Å². The standard InChI is InChI=1S/C16H22BrNO3S/c1-16(2,3)21-15(20)18-9-8-14(13(19)10-18)22-12-6-4-11(17)5-7-12/h4-7,13-14,19H,8-10H2,1-3H3. The average Bonchev–Trinajstić information content (AvgIpc) is 2.41. The van der Waals surface area contributed by atoms with E-state index in [-0.39, 0.29) is 11.3 Å². The van der Waals surface area contributed by atoms with Crippen molar-refractivity contribution in [1.82, 2.24) is 4.90 Å². The predicted octanol–water partition coefficient (Wildman–Crippen LogP) is 3.91. The lowest BCUT2D eigenvalue weighted by Crippen LogP contribution is -2.49. The Kier molecular flexibility index (Phi) is 5.80.